The lowest BCUT2D eigenvalue weighted by Gasteiger charge is -2.23. The molecule has 1 atom stereocenters. The van der Waals surface area contributed by atoms with Gasteiger partial charge in [0.25, 0.3) is 0 Å². The molecule has 2 rings (SSSR count). The van der Waals surface area contributed by atoms with Crippen molar-refractivity contribution in [3.8, 4) is 0 Å². The molecule has 0 fully saturated rings. The third-order valence-corrected chi connectivity index (χ3v) is 3.51. The molecular formula is C15H22N4O3. The van der Waals surface area contributed by atoms with Gasteiger partial charge in [0.05, 0.1) is 6.54 Å². The van der Waals surface area contributed by atoms with Crippen LogP contribution in [0.5, 0.6) is 0 Å². The smallest absolute Gasteiger partial charge is 0.220 e. The van der Waals surface area contributed by atoms with E-state index in [4.69, 9.17) is 4.42 Å². The molecular weight excluding hydrogens is 284 g/mol. The SMILES string of the molecule is Cc1cc(C(C)(O)CNC(=O)CCCn2cncn2)c(C)o1. The number of amides is 1. The summed E-state index contributed by atoms with van der Waals surface area (Å²) >= 11 is 0. The number of hydrogen-bond acceptors (Lipinski definition) is 5. The predicted octanol–water partition coefficient (Wildman–Crippen LogP) is 1.29. The van der Waals surface area contributed by atoms with Crippen molar-refractivity contribution in [2.45, 2.75) is 45.8 Å². The van der Waals surface area contributed by atoms with Gasteiger partial charge in [-0.15, -0.1) is 0 Å². The van der Waals surface area contributed by atoms with Gasteiger partial charge in [0.1, 0.15) is 29.8 Å². The van der Waals surface area contributed by atoms with Gasteiger partial charge in [0.15, 0.2) is 0 Å². The quantitative estimate of drug-likeness (QED) is 0.804. The van der Waals surface area contributed by atoms with E-state index in [9.17, 15) is 9.90 Å². The maximum Gasteiger partial charge on any atom is 0.220 e. The minimum Gasteiger partial charge on any atom is -0.466 e. The van der Waals surface area contributed by atoms with Gasteiger partial charge >= 0.3 is 0 Å². The normalized spacial score (nSPS) is 13.8. The van der Waals surface area contributed by atoms with Crippen LogP contribution in [0.4, 0.5) is 0 Å². The maximum atomic E-state index is 11.8. The van der Waals surface area contributed by atoms with Gasteiger partial charge in [-0.2, -0.15) is 5.10 Å². The highest BCUT2D eigenvalue weighted by Crippen LogP contribution is 2.26. The second kappa shape index (κ2) is 6.74. The Morgan fingerprint density at radius 2 is 2.27 bits per heavy atom. The van der Waals surface area contributed by atoms with E-state index in [-0.39, 0.29) is 12.5 Å². The first-order valence-electron chi connectivity index (χ1n) is 7.27. The number of nitrogens with one attached hydrogen (secondary N) is 1. The van der Waals surface area contributed by atoms with Crippen molar-refractivity contribution in [3.05, 3.63) is 35.8 Å². The number of aliphatic hydroxyl groups is 1. The van der Waals surface area contributed by atoms with Gasteiger partial charge in [0, 0.05) is 18.5 Å². The Kier molecular flexibility index (Phi) is 4.97. The molecule has 1 unspecified atom stereocenters. The van der Waals surface area contributed by atoms with Gasteiger partial charge in [-0.1, -0.05) is 0 Å². The topological polar surface area (TPSA) is 93.2 Å². The number of carbonyl (C=O) groups excluding carboxylic acids is 1. The molecule has 0 aliphatic heterocycles. The zero-order chi connectivity index (χ0) is 16.2. The first kappa shape index (κ1) is 16.2. The fourth-order valence-electron chi connectivity index (χ4n) is 2.37. The summed E-state index contributed by atoms with van der Waals surface area (Å²) in [6.07, 6.45) is 4.12. The van der Waals surface area contributed by atoms with Crippen LogP contribution in [0.3, 0.4) is 0 Å². The van der Waals surface area contributed by atoms with Crippen LogP contribution >= 0.6 is 0 Å². The number of carbonyl (C=O) groups is 1. The van der Waals surface area contributed by atoms with E-state index in [0.29, 0.717) is 30.7 Å². The standard InChI is InChI=1S/C15H22N4O3/c1-11-7-13(12(2)22-11)15(3,21)8-17-14(20)5-4-6-19-10-16-9-18-19/h7,9-10,21H,4-6,8H2,1-3H3,(H,17,20). The summed E-state index contributed by atoms with van der Waals surface area (Å²) in [6.45, 7) is 6.09. The van der Waals surface area contributed by atoms with Gasteiger partial charge in [-0.25, -0.2) is 4.98 Å². The monoisotopic (exact) mass is 306 g/mol. The molecule has 0 aliphatic rings. The molecule has 1 amide bonds. The molecule has 7 nitrogen and oxygen atoms in total. The lowest BCUT2D eigenvalue weighted by Crippen LogP contribution is -2.38. The number of nitrogens with zero attached hydrogens (tertiary/aromatic N) is 3. The van der Waals surface area contributed by atoms with Gasteiger partial charge < -0.3 is 14.8 Å². The van der Waals surface area contributed by atoms with E-state index in [1.807, 2.05) is 6.92 Å². The molecule has 0 aromatic carbocycles. The van der Waals surface area contributed by atoms with Gasteiger partial charge in [0.2, 0.25) is 5.91 Å². The van der Waals surface area contributed by atoms with Crippen LogP contribution in [-0.4, -0.2) is 32.3 Å². The number of hydrogen-bond donors (Lipinski definition) is 2. The molecule has 2 aromatic heterocycles. The summed E-state index contributed by atoms with van der Waals surface area (Å²) in [6, 6.07) is 1.80. The maximum absolute atomic E-state index is 11.8. The molecule has 0 bridgehead atoms. The van der Waals surface area contributed by atoms with Crippen molar-refractivity contribution in [2.75, 3.05) is 6.54 Å². The highest BCUT2D eigenvalue weighted by Gasteiger charge is 2.28. The molecule has 22 heavy (non-hydrogen) atoms. The van der Waals surface area contributed by atoms with Gasteiger partial charge in [-0.3, -0.25) is 9.48 Å². The Morgan fingerprint density at radius 3 is 2.86 bits per heavy atom. The van der Waals surface area contributed by atoms with Crippen molar-refractivity contribution in [1.29, 1.82) is 0 Å². The molecule has 2 heterocycles. The molecule has 7 heteroatoms. The summed E-state index contributed by atoms with van der Waals surface area (Å²) in [4.78, 5) is 15.7. The van der Waals surface area contributed by atoms with Crippen LogP contribution in [-0.2, 0) is 16.9 Å². The van der Waals surface area contributed by atoms with Gasteiger partial charge in [-0.05, 0) is 33.3 Å². The summed E-state index contributed by atoms with van der Waals surface area (Å²) in [7, 11) is 0. The van der Waals surface area contributed by atoms with Crippen molar-refractivity contribution < 1.29 is 14.3 Å². The van der Waals surface area contributed by atoms with Crippen LogP contribution in [0.1, 0.15) is 36.8 Å². The molecule has 0 aliphatic carbocycles. The van der Waals surface area contributed by atoms with Crippen LogP contribution in [0.15, 0.2) is 23.1 Å². The molecule has 120 valence electrons. The summed E-state index contributed by atoms with van der Waals surface area (Å²) < 4.78 is 7.11. The van der Waals surface area contributed by atoms with E-state index in [2.05, 4.69) is 15.4 Å². The van der Waals surface area contributed by atoms with Crippen LogP contribution < -0.4 is 5.32 Å². The lowest BCUT2D eigenvalue weighted by molar-refractivity contribution is -0.122. The summed E-state index contributed by atoms with van der Waals surface area (Å²) in [5.74, 6) is 1.31. The number of rotatable bonds is 7. The average molecular weight is 306 g/mol. The van der Waals surface area contributed by atoms with E-state index in [1.54, 1.807) is 30.9 Å². The van der Waals surface area contributed by atoms with Crippen molar-refractivity contribution in [2.24, 2.45) is 0 Å². The van der Waals surface area contributed by atoms with Crippen molar-refractivity contribution >= 4 is 5.91 Å². The lowest BCUT2D eigenvalue weighted by atomic mass is 9.96. The van der Waals surface area contributed by atoms with Crippen LogP contribution in [0, 0.1) is 13.8 Å². The Balaban J connectivity index is 1.78. The fourth-order valence-corrected chi connectivity index (χ4v) is 2.37. The Bertz CT molecular complexity index is 617. The molecule has 0 radical (unpaired) electrons. The first-order chi connectivity index (χ1) is 10.4. The number of aromatic nitrogens is 3. The van der Waals surface area contributed by atoms with Crippen LogP contribution in [0.25, 0.3) is 0 Å². The second-order valence-corrected chi connectivity index (χ2v) is 5.64. The minimum absolute atomic E-state index is 0.0988. The van der Waals surface area contributed by atoms with Crippen molar-refractivity contribution in [1.82, 2.24) is 20.1 Å². The Morgan fingerprint density at radius 1 is 1.50 bits per heavy atom. The summed E-state index contributed by atoms with van der Waals surface area (Å²) in [5.41, 5.74) is -0.448. The highest BCUT2D eigenvalue weighted by molar-refractivity contribution is 5.75. The Labute approximate surface area is 129 Å². The minimum atomic E-state index is -1.15. The molecule has 0 saturated carbocycles. The third-order valence-electron chi connectivity index (χ3n) is 3.51. The second-order valence-electron chi connectivity index (χ2n) is 5.64. The number of furan rings is 1. The first-order valence-corrected chi connectivity index (χ1v) is 7.27. The van der Waals surface area contributed by atoms with Crippen LogP contribution in [0.2, 0.25) is 0 Å². The third kappa shape index (κ3) is 4.17. The largest absolute Gasteiger partial charge is 0.466 e. The zero-order valence-electron chi connectivity index (χ0n) is 13.2. The molecule has 2 aromatic rings. The molecule has 0 spiro atoms. The Hall–Kier alpha value is -2.15. The zero-order valence-corrected chi connectivity index (χ0v) is 13.2. The highest BCUT2D eigenvalue weighted by atomic mass is 16.3. The van der Waals surface area contributed by atoms with E-state index < -0.39 is 5.60 Å². The van der Waals surface area contributed by atoms with Crippen molar-refractivity contribution in [3.63, 3.8) is 0 Å². The molecule has 0 saturated heterocycles. The van der Waals surface area contributed by atoms with E-state index in [1.165, 1.54) is 6.33 Å². The number of aryl methyl sites for hydroxylation is 3. The average Bonchev–Trinajstić information content (AvgIpc) is 3.06. The van der Waals surface area contributed by atoms with E-state index in [0.717, 1.165) is 5.76 Å². The fraction of sp³-hybridized carbons (Fsp3) is 0.533. The van der Waals surface area contributed by atoms with E-state index >= 15 is 0 Å². The summed E-state index contributed by atoms with van der Waals surface area (Å²) in [5, 5.41) is 17.2. The predicted molar refractivity (Wildman–Crippen MR) is 80.0 cm³/mol. The molecule has 2 N–H and O–H groups in total.